The summed E-state index contributed by atoms with van der Waals surface area (Å²) in [4.78, 5) is 1.23. The van der Waals surface area contributed by atoms with Gasteiger partial charge in [-0.25, -0.2) is 0 Å². The van der Waals surface area contributed by atoms with Gasteiger partial charge in [0, 0.05) is 4.88 Å². The Morgan fingerprint density at radius 2 is 2.10 bits per heavy atom. The zero-order chi connectivity index (χ0) is 14.5. The SMILES string of the molecule is CCCNC(c1ccc(C)c(OC)c1)c1ccc(Cl)s1. The molecule has 0 aliphatic carbocycles. The van der Waals surface area contributed by atoms with Gasteiger partial charge < -0.3 is 10.1 Å². The third-order valence-corrected chi connectivity index (χ3v) is 4.54. The second-order valence-corrected chi connectivity index (χ2v) is 6.50. The van der Waals surface area contributed by atoms with Crippen molar-refractivity contribution < 1.29 is 4.74 Å². The fourth-order valence-corrected chi connectivity index (χ4v) is 3.34. The zero-order valence-electron chi connectivity index (χ0n) is 12.1. The lowest BCUT2D eigenvalue weighted by molar-refractivity contribution is 0.410. The van der Waals surface area contributed by atoms with E-state index in [9.17, 15) is 0 Å². The first-order valence-corrected chi connectivity index (χ1v) is 7.98. The number of ether oxygens (including phenoxy) is 1. The summed E-state index contributed by atoms with van der Waals surface area (Å²) in [6.45, 7) is 5.19. The molecule has 0 saturated carbocycles. The number of benzene rings is 1. The van der Waals surface area contributed by atoms with Crippen molar-refractivity contribution in [3.05, 3.63) is 50.7 Å². The van der Waals surface area contributed by atoms with Crippen LogP contribution < -0.4 is 10.1 Å². The van der Waals surface area contributed by atoms with Crippen molar-refractivity contribution in [2.24, 2.45) is 0 Å². The predicted octanol–water partition coefficient (Wildman–Crippen LogP) is 4.81. The smallest absolute Gasteiger partial charge is 0.122 e. The Balaban J connectivity index is 2.35. The zero-order valence-corrected chi connectivity index (χ0v) is 13.6. The van der Waals surface area contributed by atoms with E-state index in [1.165, 1.54) is 10.4 Å². The van der Waals surface area contributed by atoms with Crippen LogP contribution in [-0.4, -0.2) is 13.7 Å². The van der Waals surface area contributed by atoms with E-state index in [1.54, 1.807) is 18.4 Å². The molecule has 0 bridgehead atoms. The van der Waals surface area contributed by atoms with Crippen LogP contribution in [0.2, 0.25) is 4.34 Å². The van der Waals surface area contributed by atoms with E-state index in [2.05, 4.69) is 43.4 Å². The van der Waals surface area contributed by atoms with Crippen LogP contribution in [0.5, 0.6) is 5.75 Å². The molecule has 0 radical (unpaired) electrons. The standard InChI is InChI=1S/C16H20ClNOS/c1-4-9-18-16(14-7-8-15(17)20-14)12-6-5-11(2)13(10-12)19-3/h5-8,10,16,18H,4,9H2,1-3H3. The summed E-state index contributed by atoms with van der Waals surface area (Å²) in [6.07, 6.45) is 1.10. The molecule has 4 heteroatoms. The van der Waals surface area contributed by atoms with Crippen molar-refractivity contribution in [3.8, 4) is 5.75 Å². The third-order valence-electron chi connectivity index (χ3n) is 3.24. The fraction of sp³-hybridized carbons (Fsp3) is 0.375. The Kier molecular flexibility index (Phi) is 5.46. The average molecular weight is 310 g/mol. The molecule has 2 nitrogen and oxygen atoms in total. The van der Waals surface area contributed by atoms with Gasteiger partial charge in [0.15, 0.2) is 0 Å². The molecular formula is C16H20ClNOS. The highest BCUT2D eigenvalue weighted by Gasteiger charge is 2.16. The number of methoxy groups -OCH3 is 1. The maximum absolute atomic E-state index is 6.08. The van der Waals surface area contributed by atoms with E-state index in [1.807, 2.05) is 6.07 Å². The molecule has 2 rings (SSSR count). The lowest BCUT2D eigenvalue weighted by Gasteiger charge is -2.19. The van der Waals surface area contributed by atoms with Gasteiger partial charge in [-0.2, -0.15) is 0 Å². The summed E-state index contributed by atoms with van der Waals surface area (Å²) < 4.78 is 6.25. The van der Waals surface area contributed by atoms with Crippen LogP contribution in [0.15, 0.2) is 30.3 Å². The Labute approximate surface area is 129 Å². The van der Waals surface area contributed by atoms with Crippen LogP contribution in [0.1, 0.15) is 35.4 Å². The van der Waals surface area contributed by atoms with Gasteiger partial charge in [0.2, 0.25) is 0 Å². The maximum atomic E-state index is 6.08. The lowest BCUT2D eigenvalue weighted by Crippen LogP contribution is -2.22. The molecule has 0 aliphatic heterocycles. The summed E-state index contributed by atoms with van der Waals surface area (Å²) in [7, 11) is 1.71. The van der Waals surface area contributed by atoms with E-state index in [4.69, 9.17) is 16.3 Å². The third kappa shape index (κ3) is 3.54. The van der Waals surface area contributed by atoms with Gasteiger partial charge in [0.25, 0.3) is 0 Å². The number of thiophene rings is 1. The molecule has 1 heterocycles. The van der Waals surface area contributed by atoms with Crippen molar-refractivity contribution in [1.82, 2.24) is 5.32 Å². The van der Waals surface area contributed by atoms with Crippen molar-refractivity contribution >= 4 is 22.9 Å². The van der Waals surface area contributed by atoms with Crippen molar-refractivity contribution in [3.63, 3.8) is 0 Å². The second kappa shape index (κ2) is 7.11. The molecule has 108 valence electrons. The molecule has 1 unspecified atom stereocenters. The molecule has 0 fully saturated rings. The minimum atomic E-state index is 0.168. The average Bonchev–Trinajstić information content (AvgIpc) is 2.87. The lowest BCUT2D eigenvalue weighted by atomic mass is 10.0. The summed E-state index contributed by atoms with van der Waals surface area (Å²) in [6, 6.07) is 10.6. The summed E-state index contributed by atoms with van der Waals surface area (Å²) in [5.41, 5.74) is 2.36. The highest BCUT2D eigenvalue weighted by molar-refractivity contribution is 7.16. The maximum Gasteiger partial charge on any atom is 0.122 e. The van der Waals surface area contributed by atoms with Gasteiger partial charge in [-0.05, 0) is 49.2 Å². The van der Waals surface area contributed by atoms with E-state index in [-0.39, 0.29) is 6.04 Å². The van der Waals surface area contributed by atoms with E-state index < -0.39 is 0 Å². The van der Waals surface area contributed by atoms with Crippen molar-refractivity contribution in [1.29, 1.82) is 0 Å². The number of hydrogen-bond donors (Lipinski definition) is 1. The molecule has 2 aromatic rings. The molecule has 1 N–H and O–H groups in total. The first kappa shape index (κ1) is 15.4. The number of hydrogen-bond acceptors (Lipinski definition) is 3. The summed E-state index contributed by atoms with van der Waals surface area (Å²) >= 11 is 7.70. The van der Waals surface area contributed by atoms with Gasteiger partial charge in [-0.3, -0.25) is 0 Å². The molecule has 1 atom stereocenters. The van der Waals surface area contributed by atoms with E-state index >= 15 is 0 Å². The van der Waals surface area contributed by atoms with Crippen molar-refractivity contribution in [2.75, 3.05) is 13.7 Å². The monoisotopic (exact) mass is 309 g/mol. The van der Waals surface area contributed by atoms with Gasteiger partial charge in [0.1, 0.15) is 5.75 Å². The first-order valence-electron chi connectivity index (χ1n) is 6.79. The second-order valence-electron chi connectivity index (χ2n) is 4.76. The topological polar surface area (TPSA) is 21.3 Å². The van der Waals surface area contributed by atoms with Gasteiger partial charge in [-0.15, -0.1) is 11.3 Å². The Morgan fingerprint density at radius 3 is 2.70 bits per heavy atom. The van der Waals surface area contributed by atoms with Crippen LogP contribution in [-0.2, 0) is 0 Å². The van der Waals surface area contributed by atoms with Gasteiger partial charge in [0.05, 0.1) is 17.5 Å². The molecule has 1 aromatic heterocycles. The highest BCUT2D eigenvalue weighted by Crippen LogP contribution is 2.33. The van der Waals surface area contributed by atoms with E-state index in [0.29, 0.717) is 0 Å². The molecule has 0 aliphatic rings. The first-order chi connectivity index (χ1) is 9.65. The predicted molar refractivity (Wildman–Crippen MR) is 87.2 cm³/mol. The Bertz CT molecular complexity index is 567. The molecule has 0 amide bonds. The van der Waals surface area contributed by atoms with Gasteiger partial charge >= 0.3 is 0 Å². The van der Waals surface area contributed by atoms with Gasteiger partial charge in [-0.1, -0.05) is 30.7 Å². The quantitative estimate of drug-likeness (QED) is 0.827. The fourth-order valence-electron chi connectivity index (χ4n) is 2.17. The molecular weight excluding hydrogens is 290 g/mol. The van der Waals surface area contributed by atoms with Crippen LogP contribution in [0.3, 0.4) is 0 Å². The van der Waals surface area contributed by atoms with Crippen LogP contribution >= 0.6 is 22.9 Å². The minimum Gasteiger partial charge on any atom is -0.496 e. The number of nitrogens with one attached hydrogen (secondary N) is 1. The number of halogens is 1. The van der Waals surface area contributed by atoms with Crippen LogP contribution in [0, 0.1) is 6.92 Å². The van der Waals surface area contributed by atoms with E-state index in [0.717, 1.165) is 28.6 Å². The largest absolute Gasteiger partial charge is 0.496 e. The molecule has 1 aromatic carbocycles. The van der Waals surface area contributed by atoms with Crippen LogP contribution in [0.4, 0.5) is 0 Å². The summed E-state index contributed by atoms with van der Waals surface area (Å²) in [5, 5.41) is 3.58. The normalized spacial score (nSPS) is 12.4. The highest BCUT2D eigenvalue weighted by atomic mass is 35.5. The molecule has 20 heavy (non-hydrogen) atoms. The summed E-state index contributed by atoms with van der Waals surface area (Å²) in [5.74, 6) is 0.924. The minimum absolute atomic E-state index is 0.168. The van der Waals surface area contributed by atoms with Crippen LogP contribution in [0.25, 0.3) is 0 Å². The van der Waals surface area contributed by atoms with Crippen molar-refractivity contribution in [2.45, 2.75) is 26.3 Å². The number of rotatable bonds is 6. The number of aryl methyl sites for hydroxylation is 1. The molecule has 0 spiro atoms. The Morgan fingerprint density at radius 1 is 1.30 bits per heavy atom. The Hall–Kier alpha value is -1.03. The molecule has 0 saturated heterocycles.